The molecular weight excluding hydrogens is 346 g/mol. The number of nitro benzene ring substituents is 1. The van der Waals surface area contributed by atoms with Gasteiger partial charge in [-0.15, -0.1) is 0 Å². The highest BCUT2D eigenvalue weighted by atomic mass is 16.6. The van der Waals surface area contributed by atoms with Crippen molar-refractivity contribution in [2.75, 3.05) is 6.54 Å². The maximum atomic E-state index is 12.2. The molecule has 2 rings (SSSR count). The largest absolute Gasteiger partial charge is 0.352 e. The van der Waals surface area contributed by atoms with Crippen molar-refractivity contribution in [3.63, 3.8) is 0 Å². The Bertz CT molecular complexity index is 801. The Morgan fingerprint density at radius 3 is 2.26 bits per heavy atom. The van der Waals surface area contributed by atoms with E-state index in [1.165, 1.54) is 24.3 Å². The van der Waals surface area contributed by atoms with Crippen LogP contribution >= 0.6 is 0 Å². The number of aryl methyl sites for hydroxylation is 1. The van der Waals surface area contributed by atoms with Gasteiger partial charge in [-0.25, -0.2) is 0 Å². The fourth-order valence-electron chi connectivity index (χ4n) is 2.61. The first-order valence-corrected chi connectivity index (χ1v) is 8.79. The van der Waals surface area contributed by atoms with Gasteiger partial charge < -0.3 is 10.6 Å². The molecule has 1 atom stereocenters. The molecule has 0 heterocycles. The molecule has 0 fully saturated rings. The smallest absolute Gasteiger partial charge is 0.269 e. The minimum atomic E-state index is -0.524. The molecule has 0 aromatic heterocycles. The van der Waals surface area contributed by atoms with Gasteiger partial charge in [0, 0.05) is 30.7 Å². The van der Waals surface area contributed by atoms with Crippen LogP contribution in [0.3, 0.4) is 0 Å². The first-order chi connectivity index (χ1) is 12.9. The van der Waals surface area contributed by atoms with Gasteiger partial charge in [-0.1, -0.05) is 36.8 Å². The van der Waals surface area contributed by atoms with E-state index in [-0.39, 0.29) is 36.5 Å². The molecule has 2 aromatic carbocycles. The van der Waals surface area contributed by atoms with E-state index >= 15 is 0 Å². The standard InChI is InChI=1S/C20H23N3O4/c1-3-18(15-6-4-14(2)5-7-15)22-19(24)12-13-21-20(25)16-8-10-17(11-9-16)23(26)27/h4-11,18H,3,12-13H2,1-2H3,(H,21,25)(H,22,24)/t18-/m1/s1. The van der Waals surface area contributed by atoms with E-state index in [0.29, 0.717) is 5.56 Å². The van der Waals surface area contributed by atoms with Crippen molar-refractivity contribution in [1.29, 1.82) is 0 Å². The van der Waals surface area contributed by atoms with Crippen LogP contribution in [0.2, 0.25) is 0 Å². The summed E-state index contributed by atoms with van der Waals surface area (Å²) in [7, 11) is 0. The number of carbonyl (C=O) groups is 2. The number of carbonyl (C=O) groups excluding carboxylic acids is 2. The van der Waals surface area contributed by atoms with Crippen LogP contribution in [0, 0.1) is 17.0 Å². The molecule has 142 valence electrons. The van der Waals surface area contributed by atoms with E-state index in [0.717, 1.165) is 17.5 Å². The minimum Gasteiger partial charge on any atom is -0.352 e. The lowest BCUT2D eigenvalue weighted by Crippen LogP contribution is -2.32. The molecule has 2 amide bonds. The highest BCUT2D eigenvalue weighted by Gasteiger charge is 2.13. The molecule has 7 nitrogen and oxygen atoms in total. The Labute approximate surface area is 157 Å². The molecule has 0 unspecified atom stereocenters. The molecule has 0 aliphatic rings. The maximum absolute atomic E-state index is 12.2. The summed E-state index contributed by atoms with van der Waals surface area (Å²) in [5, 5.41) is 16.2. The van der Waals surface area contributed by atoms with Gasteiger partial charge in [-0.05, 0) is 31.0 Å². The van der Waals surface area contributed by atoms with Crippen molar-refractivity contribution in [2.24, 2.45) is 0 Å². The molecule has 27 heavy (non-hydrogen) atoms. The summed E-state index contributed by atoms with van der Waals surface area (Å²) in [5.41, 5.74) is 2.44. The van der Waals surface area contributed by atoms with Crippen LogP contribution < -0.4 is 10.6 Å². The zero-order valence-corrected chi connectivity index (χ0v) is 15.4. The third kappa shape index (κ3) is 5.91. The number of nitrogens with zero attached hydrogens (tertiary/aromatic N) is 1. The second kappa shape index (κ2) is 9.47. The minimum absolute atomic E-state index is 0.0662. The normalized spacial score (nSPS) is 11.5. The summed E-state index contributed by atoms with van der Waals surface area (Å²) in [4.78, 5) is 34.3. The van der Waals surface area contributed by atoms with Crippen LogP contribution in [0.25, 0.3) is 0 Å². The predicted molar refractivity (Wildman–Crippen MR) is 102 cm³/mol. The molecule has 7 heteroatoms. The number of amides is 2. The van der Waals surface area contributed by atoms with Gasteiger partial charge >= 0.3 is 0 Å². The molecule has 0 saturated heterocycles. The van der Waals surface area contributed by atoms with Gasteiger partial charge in [0.25, 0.3) is 11.6 Å². The van der Waals surface area contributed by atoms with Crippen molar-refractivity contribution < 1.29 is 14.5 Å². The van der Waals surface area contributed by atoms with Crippen molar-refractivity contribution >= 4 is 17.5 Å². The van der Waals surface area contributed by atoms with Crippen LogP contribution in [0.5, 0.6) is 0 Å². The summed E-state index contributed by atoms with van der Waals surface area (Å²) in [5.74, 6) is -0.519. The first kappa shape index (κ1) is 20.1. The molecule has 0 aliphatic carbocycles. The predicted octanol–water partition coefficient (Wildman–Crippen LogP) is 3.29. The maximum Gasteiger partial charge on any atom is 0.269 e. The summed E-state index contributed by atoms with van der Waals surface area (Å²) < 4.78 is 0. The Kier molecular flexibility index (Phi) is 7.05. The van der Waals surface area contributed by atoms with Gasteiger partial charge in [-0.3, -0.25) is 19.7 Å². The lowest BCUT2D eigenvalue weighted by Gasteiger charge is -2.18. The van der Waals surface area contributed by atoms with Crippen LogP contribution in [-0.4, -0.2) is 23.3 Å². The average Bonchev–Trinajstić information content (AvgIpc) is 2.67. The average molecular weight is 369 g/mol. The molecule has 0 saturated carbocycles. The van der Waals surface area contributed by atoms with Crippen LogP contribution in [0.4, 0.5) is 5.69 Å². The van der Waals surface area contributed by atoms with Crippen LogP contribution in [0.1, 0.15) is 47.3 Å². The number of hydrogen-bond acceptors (Lipinski definition) is 4. The highest BCUT2D eigenvalue weighted by molar-refractivity contribution is 5.94. The second-order valence-electron chi connectivity index (χ2n) is 6.25. The Balaban J connectivity index is 1.81. The van der Waals surface area contributed by atoms with E-state index in [1.807, 2.05) is 38.1 Å². The lowest BCUT2D eigenvalue weighted by atomic mass is 10.0. The number of nitrogens with one attached hydrogen (secondary N) is 2. The lowest BCUT2D eigenvalue weighted by molar-refractivity contribution is -0.384. The molecule has 2 aromatic rings. The monoisotopic (exact) mass is 369 g/mol. The van der Waals surface area contributed by atoms with E-state index in [1.54, 1.807) is 0 Å². The second-order valence-corrected chi connectivity index (χ2v) is 6.25. The molecule has 2 N–H and O–H groups in total. The van der Waals surface area contributed by atoms with E-state index in [4.69, 9.17) is 0 Å². The van der Waals surface area contributed by atoms with Crippen molar-refractivity contribution in [2.45, 2.75) is 32.7 Å². The van der Waals surface area contributed by atoms with Crippen molar-refractivity contribution in [1.82, 2.24) is 10.6 Å². The molecular formula is C20H23N3O4. The topological polar surface area (TPSA) is 101 Å². The summed E-state index contributed by atoms with van der Waals surface area (Å²) in [6.45, 7) is 4.20. The van der Waals surface area contributed by atoms with E-state index in [2.05, 4.69) is 10.6 Å². The number of nitro groups is 1. The summed E-state index contributed by atoms with van der Waals surface area (Å²) in [6.07, 6.45) is 0.922. The zero-order chi connectivity index (χ0) is 19.8. The fourth-order valence-corrected chi connectivity index (χ4v) is 2.61. The zero-order valence-electron chi connectivity index (χ0n) is 15.4. The van der Waals surface area contributed by atoms with Crippen molar-refractivity contribution in [3.05, 3.63) is 75.3 Å². The molecule has 0 bridgehead atoms. The molecule has 0 spiro atoms. The fraction of sp³-hybridized carbons (Fsp3) is 0.300. The number of benzene rings is 2. The number of non-ortho nitro benzene ring substituents is 1. The van der Waals surface area contributed by atoms with Gasteiger partial charge in [0.2, 0.25) is 5.91 Å². The van der Waals surface area contributed by atoms with Crippen LogP contribution in [-0.2, 0) is 4.79 Å². The Morgan fingerprint density at radius 1 is 1.07 bits per heavy atom. The third-order valence-electron chi connectivity index (χ3n) is 4.20. The number of rotatable bonds is 8. The van der Waals surface area contributed by atoms with Gasteiger partial charge in [0.05, 0.1) is 11.0 Å². The summed E-state index contributed by atoms with van der Waals surface area (Å²) in [6, 6.07) is 13.3. The van der Waals surface area contributed by atoms with Gasteiger partial charge in [0.1, 0.15) is 0 Å². The summed E-state index contributed by atoms with van der Waals surface area (Å²) >= 11 is 0. The molecule has 0 aliphatic heterocycles. The van der Waals surface area contributed by atoms with E-state index < -0.39 is 4.92 Å². The Morgan fingerprint density at radius 2 is 1.70 bits per heavy atom. The quantitative estimate of drug-likeness (QED) is 0.551. The van der Waals surface area contributed by atoms with Gasteiger partial charge in [-0.2, -0.15) is 0 Å². The van der Waals surface area contributed by atoms with E-state index in [9.17, 15) is 19.7 Å². The highest BCUT2D eigenvalue weighted by Crippen LogP contribution is 2.17. The van der Waals surface area contributed by atoms with Crippen LogP contribution in [0.15, 0.2) is 48.5 Å². The third-order valence-corrected chi connectivity index (χ3v) is 4.20. The molecule has 0 radical (unpaired) electrons. The van der Waals surface area contributed by atoms with Crippen molar-refractivity contribution in [3.8, 4) is 0 Å². The van der Waals surface area contributed by atoms with Gasteiger partial charge in [0.15, 0.2) is 0 Å². The SMILES string of the molecule is CC[C@@H](NC(=O)CCNC(=O)c1ccc([N+](=O)[O-])cc1)c1ccc(C)cc1. The Hall–Kier alpha value is -3.22. The number of hydrogen-bond donors (Lipinski definition) is 2. The first-order valence-electron chi connectivity index (χ1n) is 8.79.